The second-order valence-corrected chi connectivity index (χ2v) is 16.9. The Hall–Kier alpha value is -8.12. The smallest absolute Gasteiger partial charge is 0.227 e. The molecule has 2 heterocycles. The lowest BCUT2D eigenvalue weighted by atomic mass is 9.93. The average Bonchev–Trinajstić information content (AvgIpc) is 4.05. The molecule has 0 fully saturated rings. The molecule has 7 aromatic carbocycles. The summed E-state index contributed by atoms with van der Waals surface area (Å²) in [6.07, 6.45) is 2.05. The summed E-state index contributed by atoms with van der Waals surface area (Å²) >= 11 is 0. The summed E-state index contributed by atoms with van der Waals surface area (Å²) in [5.74, 6) is 6.34. The van der Waals surface area contributed by atoms with Crippen molar-refractivity contribution in [2.24, 2.45) is 0 Å². The van der Waals surface area contributed by atoms with Gasteiger partial charge in [-0.3, -0.25) is 0 Å². The minimum Gasteiger partial charge on any atom is -0.496 e. The number of aromatic nitrogens is 2. The third-order valence-corrected chi connectivity index (χ3v) is 13.0. The lowest BCUT2D eigenvalue weighted by Crippen LogP contribution is -2.04. The summed E-state index contributed by atoms with van der Waals surface area (Å²) in [5, 5.41) is 0. The maximum atomic E-state index is 6.91. The molecule has 0 amide bonds. The largest absolute Gasteiger partial charge is 0.496 e. The molecule has 12 heteroatoms. The molecule has 0 radical (unpaired) electrons. The van der Waals surface area contributed by atoms with E-state index in [1.165, 1.54) is 0 Å². The molecule has 0 saturated heterocycles. The van der Waals surface area contributed by atoms with Crippen LogP contribution in [0.2, 0.25) is 0 Å². The molecular weight excluding hydrogens is 873 g/mol. The van der Waals surface area contributed by atoms with Crippen LogP contribution in [0.1, 0.15) is 55.6 Å². The molecule has 9 aliphatic carbocycles. The lowest BCUT2D eigenvalue weighted by Gasteiger charge is -2.20. The van der Waals surface area contributed by atoms with Crippen LogP contribution in [-0.4, -0.2) is 66.8 Å². The van der Waals surface area contributed by atoms with Crippen LogP contribution in [0.4, 0.5) is 0 Å². The van der Waals surface area contributed by atoms with Gasteiger partial charge in [0.25, 0.3) is 0 Å². The maximum Gasteiger partial charge on any atom is 0.227 e. The predicted molar refractivity (Wildman–Crippen MR) is 265 cm³/mol. The first-order chi connectivity index (χ1) is 33.8. The van der Waals surface area contributed by atoms with Crippen LogP contribution in [0, 0.1) is 0 Å². The van der Waals surface area contributed by atoms with Crippen LogP contribution >= 0.6 is 0 Å². The highest BCUT2D eigenvalue weighted by Gasteiger charge is 2.29. The molecule has 9 aromatic rings. The summed E-state index contributed by atoms with van der Waals surface area (Å²) in [6.45, 7) is 0. The van der Waals surface area contributed by atoms with Crippen LogP contribution in [0.5, 0.6) is 46.0 Å². The van der Waals surface area contributed by atoms with Crippen LogP contribution in [0.25, 0.3) is 45.1 Å². The Morgan fingerprint density at radius 1 is 0.319 bits per heavy atom. The normalized spacial score (nSPS) is 12.3. The van der Waals surface area contributed by atoms with E-state index in [2.05, 4.69) is 0 Å². The van der Waals surface area contributed by atoms with Crippen molar-refractivity contribution in [2.75, 3.05) is 56.9 Å². The van der Waals surface area contributed by atoms with E-state index in [9.17, 15) is 0 Å². The predicted octanol–water partition coefficient (Wildman–Crippen LogP) is 11.6. The zero-order valence-corrected chi connectivity index (χ0v) is 39.9. The number of methoxy groups -OCH3 is 8. The van der Waals surface area contributed by atoms with Gasteiger partial charge < -0.3 is 46.7 Å². The summed E-state index contributed by atoms with van der Waals surface area (Å²) < 4.78 is 62.9. The Balaban J connectivity index is 1.27. The molecule has 69 heavy (non-hydrogen) atoms. The quantitative estimate of drug-likeness (QED) is 0.130. The van der Waals surface area contributed by atoms with Crippen LogP contribution < -0.4 is 37.9 Å². The van der Waals surface area contributed by atoms with Crippen LogP contribution in [-0.2, 0) is 32.1 Å². The molecule has 0 N–H and O–H groups in total. The van der Waals surface area contributed by atoms with E-state index in [1.54, 1.807) is 56.9 Å². The Kier molecular flexibility index (Phi) is 12.2. The van der Waals surface area contributed by atoms with E-state index in [-0.39, 0.29) is 0 Å². The van der Waals surface area contributed by atoms with E-state index in [0.29, 0.717) is 112 Å². The summed E-state index contributed by atoms with van der Waals surface area (Å²) in [4.78, 5) is 10.5. The maximum absolute atomic E-state index is 6.91. The molecule has 18 rings (SSSR count). The fraction of sp³-hybridized carbons (Fsp3) is 0.228. The SMILES string of the molecule is COc1cc2c(OC)cc1Cc1cc(OC)c(cc1OC)Cc1cc(OC)c(cc1OC)Cc1c3nc(-c4ccccc4)oc3c(c3nc(-c4ccccc4)oc13)Cc1cc(OC)c(cc1OC)C2. The second-order valence-electron chi connectivity index (χ2n) is 16.9. The van der Waals surface area contributed by atoms with Gasteiger partial charge in [0.1, 0.15) is 57.0 Å². The molecule has 0 spiro atoms. The average molecular weight is 925 g/mol. The Morgan fingerprint density at radius 2 is 0.551 bits per heavy atom. The number of ether oxygens (including phenoxy) is 8. The topological polar surface area (TPSA) is 126 Å². The molecule has 350 valence electrons. The number of rotatable bonds is 10. The van der Waals surface area contributed by atoms with Gasteiger partial charge in [-0.25, -0.2) is 9.97 Å². The summed E-state index contributed by atoms with van der Waals surface area (Å²) in [6, 6.07) is 35.9. The Morgan fingerprint density at radius 3 is 0.783 bits per heavy atom. The standard InChI is InChI=1S/C57H52N2O10/c1-60-44-26-36-20-38-28-50(66-7)40(30-48(38)64-5)22-42-52-55(69-56(58-52)32-15-11-9-12-16-32)43(53-54(42)68-57(59-53)33-17-13-10-14-18-33)23-41-31-49(65-6)39(29-51(41)67-8)21-37-27-45(61-2)35(25-47(37)63-4)19-34(44)24-46(36)62-3/h9-18,24-31H,19-23H2,1-8H3. The monoisotopic (exact) mass is 924 g/mol. The van der Waals surface area contributed by atoms with Crippen molar-refractivity contribution in [1.82, 2.24) is 9.97 Å². The molecule has 0 unspecified atom stereocenters. The second kappa shape index (κ2) is 18.9. The molecule has 2 aromatic heterocycles. The molecule has 0 saturated carbocycles. The Labute approximate surface area is 400 Å². The third kappa shape index (κ3) is 8.26. The van der Waals surface area contributed by atoms with E-state index in [1.807, 2.05) is 109 Å². The number of nitrogens with zero attached hydrogens (tertiary/aromatic N) is 2. The minimum absolute atomic E-state index is 0.335. The number of oxazole rings is 2. The van der Waals surface area contributed by atoms with Gasteiger partial charge in [0.15, 0.2) is 11.2 Å². The van der Waals surface area contributed by atoms with Crippen molar-refractivity contribution in [3.8, 4) is 68.9 Å². The highest BCUT2D eigenvalue weighted by Crippen LogP contribution is 2.45. The number of benzene rings is 7. The van der Waals surface area contributed by atoms with E-state index >= 15 is 0 Å². The van der Waals surface area contributed by atoms with Gasteiger partial charge >= 0.3 is 0 Å². The van der Waals surface area contributed by atoms with E-state index in [0.717, 1.165) is 66.8 Å². The van der Waals surface area contributed by atoms with Crippen LogP contribution in [0.15, 0.2) is 118 Å². The number of hydrogen-bond acceptors (Lipinski definition) is 12. The summed E-state index contributed by atoms with van der Waals surface area (Å²) in [7, 11) is 13.4. The van der Waals surface area contributed by atoms with Gasteiger partial charge in [0.2, 0.25) is 11.8 Å². The van der Waals surface area contributed by atoms with Gasteiger partial charge in [-0.15, -0.1) is 0 Å². The number of hydrogen-bond donors (Lipinski definition) is 0. The first kappa shape index (κ1) is 44.7. The van der Waals surface area contributed by atoms with Crippen molar-refractivity contribution >= 4 is 22.2 Å². The zero-order valence-electron chi connectivity index (χ0n) is 39.9. The Bertz CT molecular complexity index is 3080. The van der Waals surface area contributed by atoms with E-state index in [4.69, 9.17) is 56.7 Å². The lowest BCUT2D eigenvalue weighted by molar-refractivity contribution is 0.389. The van der Waals surface area contributed by atoms with Gasteiger partial charge in [0.05, 0.1) is 56.9 Å². The van der Waals surface area contributed by atoms with Gasteiger partial charge in [0, 0.05) is 98.9 Å². The van der Waals surface area contributed by atoms with Gasteiger partial charge in [-0.1, -0.05) is 36.4 Å². The first-order valence-electron chi connectivity index (χ1n) is 22.6. The molecule has 9 aliphatic rings. The van der Waals surface area contributed by atoms with Crippen molar-refractivity contribution < 1.29 is 46.7 Å². The van der Waals surface area contributed by atoms with Crippen molar-refractivity contribution in [3.05, 3.63) is 165 Å². The molecule has 0 atom stereocenters. The fourth-order valence-corrected chi connectivity index (χ4v) is 9.61. The first-order valence-corrected chi connectivity index (χ1v) is 22.6. The molecule has 12 nitrogen and oxygen atoms in total. The fourth-order valence-electron chi connectivity index (χ4n) is 9.61. The van der Waals surface area contributed by atoms with Crippen LogP contribution in [0.3, 0.4) is 0 Å². The molecule has 0 aliphatic heterocycles. The third-order valence-electron chi connectivity index (χ3n) is 13.0. The molecular formula is C57H52N2O10. The minimum atomic E-state index is 0.335. The zero-order chi connectivity index (χ0) is 47.8. The summed E-state index contributed by atoms with van der Waals surface area (Å²) in [5.41, 5.74) is 12.7. The molecule has 10 bridgehead atoms. The van der Waals surface area contributed by atoms with E-state index < -0.39 is 0 Å². The van der Waals surface area contributed by atoms with Crippen molar-refractivity contribution in [2.45, 2.75) is 32.1 Å². The van der Waals surface area contributed by atoms with Crippen molar-refractivity contribution in [3.63, 3.8) is 0 Å². The van der Waals surface area contributed by atoms with Crippen molar-refractivity contribution in [1.29, 1.82) is 0 Å². The van der Waals surface area contributed by atoms with Gasteiger partial charge in [-0.05, 0) is 72.8 Å². The van der Waals surface area contributed by atoms with Gasteiger partial charge in [-0.2, -0.15) is 0 Å². The highest BCUT2D eigenvalue weighted by molar-refractivity contribution is 6.00. The highest BCUT2D eigenvalue weighted by atomic mass is 16.5.